The molecule has 0 radical (unpaired) electrons. The largest absolute Gasteiger partial charge is 0.484 e. The van der Waals surface area contributed by atoms with Crippen molar-refractivity contribution >= 4 is 23.1 Å². The molecule has 0 saturated carbocycles. The van der Waals surface area contributed by atoms with Gasteiger partial charge >= 0.3 is 5.69 Å². The van der Waals surface area contributed by atoms with Gasteiger partial charge in [0.1, 0.15) is 5.82 Å². The third-order valence-electron chi connectivity index (χ3n) is 4.79. The molecule has 10 nitrogen and oxygen atoms in total. The van der Waals surface area contributed by atoms with Gasteiger partial charge in [-0.15, -0.1) is 0 Å². The molecule has 150 valence electrons. The Kier molecular flexibility index (Phi) is 5.39. The van der Waals surface area contributed by atoms with Crippen LogP contribution >= 0.6 is 0 Å². The average molecular weight is 388 g/mol. The number of aromatic nitrogens is 2. The van der Waals surface area contributed by atoms with Crippen LogP contribution in [0.3, 0.4) is 0 Å². The number of benzene rings is 1. The molecule has 1 aliphatic rings. The number of hydrogen-bond donors (Lipinski definition) is 2. The zero-order valence-corrected chi connectivity index (χ0v) is 15.9. The van der Waals surface area contributed by atoms with Crippen molar-refractivity contribution in [3.05, 3.63) is 40.3 Å². The van der Waals surface area contributed by atoms with Crippen molar-refractivity contribution in [2.45, 2.75) is 38.8 Å². The highest BCUT2D eigenvalue weighted by atomic mass is 16.6. The minimum atomic E-state index is -0.641. The van der Waals surface area contributed by atoms with Crippen LogP contribution in [0, 0.1) is 10.1 Å². The van der Waals surface area contributed by atoms with Crippen molar-refractivity contribution in [3.63, 3.8) is 0 Å². The summed E-state index contributed by atoms with van der Waals surface area (Å²) in [5.74, 6) is -0.0873. The van der Waals surface area contributed by atoms with Crippen molar-refractivity contribution in [3.8, 4) is 5.75 Å². The number of piperidine rings is 1. The molecule has 0 unspecified atom stereocenters. The van der Waals surface area contributed by atoms with E-state index in [9.17, 15) is 14.9 Å². The summed E-state index contributed by atoms with van der Waals surface area (Å²) >= 11 is 0. The summed E-state index contributed by atoms with van der Waals surface area (Å²) in [7, 11) is 0. The van der Waals surface area contributed by atoms with E-state index in [-0.39, 0.29) is 35.1 Å². The first-order valence-corrected chi connectivity index (χ1v) is 9.10. The van der Waals surface area contributed by atoms with Crippen LogP contribution in [-0.2, 0) is 0 Å². The first-order valence-electron chi connectivity index (χ1n) is 9.10. The van der Waals surface area contributed by atoms with Crippen molar-refractivity contribution in [2.24, 2.45) is 5.73 Å². The molecule has 1 saturated heterocycles. The number of ether oxygens (including phenoxy) is 1. The van der Waals surface area contributed by atoms with Gasteiger partial charge in [0, 0.05) is 37.0 Å². The number of anilines is 2. The first-order chi connectivity index (χ1) is 13.3. The molecule has 3 rings (SSSR count). The van der Waals surface area contributed by atoms with Crippen LogP contribution in [0.5, 0.6) is 5.75 Å². The van der Waals surface area contributed by atoms with Crippen molar-refractivity contribution in [1.29, 1.82) is 0 Å². The first kappa shape index (κ1) is 19.5. The standard InChI is InChI=1S/C18H24N6O4/c1-11(2)28-15-9-13(3-4-14(15)24(26)27)22-7-5-12(6-8-22)23-10-21-16(17(23)19)18(20)25/h3-4,9-12H,5-8,19H2,1-2H3,(H2,20,25). The van der Waals surface area contributed by atoms with Gasteiger partial charge in [0.15, 0.2) is 11.4 Å². The minimum Gasteiger partial charge on any atom is -0.484 e. The molecule has 2 aromatic rings. The molecular formula is C18H24N6O4. The van der Waals surface area contributed by atoms with E-state index in [1.807, 2.05) is 13.8 Å². The summed E-state index contributed by atoms with van der Waals surface area (Å²) in [4.78, 5) is 28.3. The highest BCUT2D eigenvalue weighted by molar-refractivity contribution is 5.95. The Balaban J connectivity index is 1.74. The van der Waals surface area contributed by atoms with Gasteiger partial charge in [0.25, 0.3) is 5.91 Å². The fourth-order valence-electron chi connectivity index (χ4n) is 3.45. The van der Waals surface area contributed by atoms with Crippen molar-refractivity contribution in [2.75, 3.05) is 23.7 Å². The van der Waals surface area contributed by atoms with Gasteiger partial charge in [-0.3, -0.25) is 14.9 Å². The van der Waals surface area contributed by atoms with Crippen LogP contribution < -0.4 is 21.1 Å². The quantitative estimate of drug-likeness (QED) is 0.570. The lowest BCUT2D eigenvalue weighted by Crippen LogP contribution is -2.34. The van der Waals surface area contributed by atoms with Gasteiger partial charge in [-0.1, -0.05) is 0 Å². The smallest absolute Gasteiger partial charge is 0.311 e. The number of carbonyl (C=O) groups excluding carboxylic acids is 1. The topological polar surface area (TPSA) is 143 Å². The Bertz CT molecular complexity index is 886. The minimum absolute atomic E-state index is 0.0440. The van der Waals surface area contributed by atoms with Gasteiger partial charge in [0.2, 0.25) is 0 Å². The molecule has 0 aliphatic carbocycles. The van der Waals surface area contributed by atoms with E-state index >= 15 is 0 Å². The van der Waals surface area contributed by atoms with E-state index < -0.39 is 10.8 Å². The zero-order valence-electron chi connectivity index (χ0n) is 15.9. The Morgan fingerprint density at radius 1 is 1.36 bits per heavy atom. The molecule has 1 aliphatic heterocycles. The number of nitro benzene ring substituents is 1. The third-order valence-corrected chi connectivity index (χ3v) is 4.79. The van der Waals surface area contributed by atoms with Gasteiger partial charge in [-0.25, -0.2) is 4.98 Å². The average Bonchev–Trinajstić information content (AvgIpc) is 3.03. The van der Waals surface area contributed by atoms with Gasteiger partial charge < -0.3 is 25.7 Å². The van der Waals surface area contributed by atoms with E-state index in [4.69, 9.17) is 16.2 Å². The second-order valence-corrected chi connectivity index (χ2v) is 7.04. The maximum atomic E-state index is 11.3. The Labute approximate surface area is 162 Å². The maximum Gasteiger partial charge on any atom is 0.311 e. The second-order valence-electron chi connectivity index (χ2n) is 7.04. The maximum absolute atomic E-state index is 11.3. The number of imidazole rings is 1. The van der Waals surface area contributed by atoms with E-state index in [1.165, 1.54) is 6.07 Å². The summed E-state index contributed by atoms with van der Waals surface area (Å²) in [6.07, 6.45) is 2.96. The molecule has 2 heterocycles. The number of nitrogens with two attached hydrogens (primary N) is 2. The Hall–Kier alpha value is -3.30. The molecule has 1 fully saturated rings. The van der Waals surface area contributed by atoms with Crippen LogP contribution in [0.25, 0.3) is 0 Å². The van der Waals surface area contributed by atoms with Crippen LogP contribution in [0.2, 0.25) is 0 Å². The summed E-state index contributed by atoms with van der Waals surface area (Å²) < 4.78 is 7.42. The summed E-state index contributed by atoms with van der Waals surface area (Å²) in [5.41, 5.74) is 12.2. The number of nitro groups is 1. The predicted molar refractivity (Wildman–Crippen MR) is 105 cm³/mol. The van der Waals surface area contributed by atoms with Crippen molar-refractivity contribution in [1.82, 2.24) is 9.55 Å². The molecule has 10 heteroatoms. The Morgan fingerprint density at radius 3 is 2.57 bits per heavy atom. The predicted octanol–water partition coefficient (Wildman–Crippen LogP) is 2.10. The lowest BCUT2D eigenvalue weighted by molar-refractivity contribution is -0.386. The highest BCUT2D eigenvalue weighted by Gasteiger charge is 2.26. The number of primary amides is 1. The molecule has 0 atom stereocenters. The van der Waals surface area contributed by atoms with E-state index in [1.54, 1.807) is 23.0 Å². The number of amides is 1. The molecule has 0 bridgehead atoms. The SMILES string of the molecule is CC(C)Oc1cc(N2CCC(n3cnc(C(N)=O)c3N)CC2)ccc1[N+](=O)[O-]. The van der Waals surface area contributed by atoms with Crippen LogP contribution in [0.15, 0.2) is 24.5 Å². The summed E-state index contributed by atoms with van der Waals surface area (Å²) in [6.45, 7) is 5.12. The number of rotatable bonds is 6. The van der Waals surface area contributed by atoms with Crippen LogP contribution in [0.4, 0.5) is 17.2 Å². The lowest BCUT2D eigenvalue weighted by Gasteiger charge is -2.34. The zero-order chi connectivity index (χ0) is 20.4. The number of hydrogen-bond acceptors (Lipinski definition) is 7. The van der Waals surface area contributed by atoms with Crippen LogP contribution in [0.1, 0.15) is 43.2 Å². The third kappa shape index (κ3) is 3.85. The molecule has 1 aromatic heterocycles. The van der Waals surface area contributed by atoms with Gasteiger partial charge in [-0.05, 0) is 32.8 Å². The van der Waals surface area contributed by atoms with Gasteiger partial charge in [0.05, 0.1) is 17.4 Å². The fourth-order valence-corrected chi connectivity index (χ4v) is 3.45. The van der Waals surface area contributed by atoms with E-state index in [0.717, 1.165) is 31.6 Å². The molecule has 4 N–H and O–H groups in total. The molecule has 28 heavy (non-hydrogen) atoms. The van der Waals surface area contributed by atoms with E-state index in [0.29, 0.717) is 0 Å². The van der Waals surface area contributed by atoms with Gasteiger partial charge in [-0.2, -0.15) is 0 Å². The second kappa shape index (κ2) is 7.75. The summed E-state index contributed by atoms with van der Waals surface area (Å²) in [6, 6.07) is 5.05. The number of nitrogens with zero attached hydrogens (tertiary/aromatic N) is 4. The molecule has 1 aromatic carbocycles. The monoisotopic (exact) mass is 388 g/mol. The lowest BCUT2D eigenvalue weighted by atomic mass is 10.0. The normalized spacial score (nSPS) is 15.0. The Morgan fingerprint density at radius 2 is 2.04 bits per heavy atom. The molecule has 0 spiro atoms. The highest BCUT2D eigenvalue weighted by Crippen LogP contribution is 2.35. The number of nitrogen functional groups attached to an aromatic ring is 1. The van der Waals surface area contributed by atoms with Crippen LogP contribution in [-0.4, -0.2) is 39.6 Å². The number of carbonyl (C=O) groups is 1. The fraction of sp³-hybridized carbons (Fsp3) is 0.444. The van der Waals surface area contributed by atoms with Crippen molar-refractivity contribution < 1.29 is 14.5 Å². The molecular weight excluding hydrogens is 364 g/mol. The molecule has 1 amide bonds. The summed E-state index contributed by atoms with van der Waals surface area (Å²) in [5, 5.41) is 11.2. The van der Waals surface area contributed by atoms with E-state index in [2.05, 4.69) is 9.88 Å².